The third-order valence-corrected chi connectivity index (χ3v) is 2.83. The van der Waals surface area contributed by atoms with E-state index in [0.717, 1.165) is 5.69 Å². The van der Waals surface area contributed by atoms with Crippen LogP contribution in [0.2, 0.25) is 0 Å². The number of hydrogen-bond acceptors (Lipinski definition) is 3. The average molecular weight is 267 g/mol. The van der Waals surface area contributed by atoms with Crippen molar-refractivity contribution in [3.05, 3.63) is 17.5 Å². The van der Waals surface area contributed by atoms with Crippen LogP contribution in [0.15, 0.2) is 6.20 Å². The minimum absolute atomic E-state index is 0.0486. The summed E-state index contributed by atoms with van der Waals surface area (Å²) in [6, 6.07) is 0. The zero-order valence-corrected chi connectivity index (χ0v) is 12.5. The topological polar surface area (TPSA) is 67.2 Å². The molecule has 19 heavy (non-hydrogen) atoms. The predicted molar refractivity (Wildman–Crippen MR) is 75.0 cm³/mol. The number of rotatable bonds is 5. The molecule has 5 heteroatoms. The van der Waals surface area contributed by atoms with Crippen molar-refractivity contribution < 1.29 is 9.90 Å². The summed E-state index contributed by atoms with van der Waals surface area (Å²) >= 11 is 0. The fraction of sp³-hybridized carbons (Fsp3) is 0.714. The highest BCUT2D eigenvalue weighted by Gasteiger charge is 2.19. The highest BCUT2D eigenvalue weighted by atomic mass is 16.3. The van der Waals surface area contributed by atoms with Gasteiger partial charge in [0.15, 0.2) is 0 Å². The first kappa shape index (κ1) is 15.7. The summed E-state index contributed by atoms with van der Waals surface area (Å²) in [7, 11) is 1.80. The fourth-order valence-corrected chi connectivity index (χ4v) is 2.07. The molecular weight excluding hydrogens is 242 g/mol. The van der Waals surface area contributed by atoms with Gasteiger partial charge in [-0.15, -0.1) is 0 Å². The van der Waals surface area contributed by atoms with E-state index in [9.17, 15) is 9.90 Å². The lowest BCUT2D eigenvalue weighted by Crippen LogP contribution is -2.34. The van der Waals surface area contributed by atoms with Crippen LogP contribution in [-0.2, 0) is 13.5 Å². The van der Waals surface area contributed by atoms with Crippen LogP contribution in [0.25, 0.3) is 0 Å². The van der Waals surface area contributed by atoms with Crippen molar-refractivity contribution in [3.8, 4) is 0 Å². The largest absolute Gasteiger partial charge is 0.391 e. The molecule has 0 aliphatic carbocycles. The molecule has 1 unspecified atom stereocenters. The zero-order valence-electron chi connectivity index (χ0n) is 12.5. The Balaban J connectivity index is 2.56. The number of carbonyl (C=O) groups is 1. The van der Waals surface area contributed by atoms with Crippen LogP contribution in [0.4, 0.5) is 0 Å². The third kappa shape index (κ3) is 5.03. The summed E-state index contributed by atoms with van der Waals surface area (Å²) in [5.74, 6) is -0.169. The van der Waals surface area contributed by atoms with Crippen LogP contribution in [0, 0.1) is 5.41 Å². The Hall–Kier alpha value is -1.36. The Kier molecular flexibility index (Phi) is 5.11. The molecule has 1 aromatic heterocycles. The lowest BCUT2D eigenvalue weighted by molar-refractivity contribution is 0.0867. The molecule has 0 spiro atoms. The van der Waals surface area contributed by atoms with E-state index in [4.69, 9.17) is 0 Å². The molecule has 1 atom stereocenters. The second-order valence-corrected chi connectivity index (χ2v) is 6.15. The molecule has 1 aromatic rings. The molecule has 0 saturated heterocycles. The molecule has 108 valence electrons. The quantitative estimate of drug-likeness (QED) is 0.849. The van der Waals surface area contributed by atoms with E-state index in [0.29, 0.717) is 18.4 Å². The van der Waals surface area contributed by atoms with Gasteiger partial charge in [-0.05, 0) is 18.3 Å². The number of aliphatic hydroxyl groups is 1. The zero-order chi connectivity index (χ0) is 14.6. The molecule has 1 heterocycles. The molecule has 5 nitrogen and oxygen atoms in total. The molecular formula is C14H25N3O2. The third-order valence-electron chi connectivity index (χ3n) is 2.83. The van der Waals surface area contributed by atoms with Crippen molar-refractivity contribution in [2.24, 2.45) is 12.5 Å². The lowest BCUT2D eigenvalue weighted by Gasteiger charge is -2.22. The van der Waals surface area contributed by atoms with E-state index in [-0.39, 0.29) is 17.9 Å². The molecule has 0 aromatic carbocycles. The Labute approximate surface area is 115 Å². The second kappa shape index (κ2) is 6.19. The van der Waals surface area contributed by atoms with Gasteiger partial charge in [0.05, 0.1) is 17.4 Å². The van der Waals surface area contributed by atoms with Crippen LogP contribution in [0.5, 0.6) is 0 Å². The number of carbonyl (C=O) groups excluding carboxylic acids is 1. The molecule has 0 saturated carbocycles. The molecule has 0 bridgehead atoms. The molecule has 0 aliphatic heterocycles. The predicted octanol–water partition coefficient (Wildman–Crippen LogP) is 1.51. The van der Waals surface area contributed by atoms with Crippen LogP contribution < -0.4 is 5.32 Å². The molecule has 1 rings (SSSR count). The van der Waals surface area contributed by atoms with Crippen molar-refractivity contribution in [2.45, 2.75) is 46.6 Å². The van der Waals surface area contributed by atoms with E-state index in [2.05, 4.69) is 31.2 Å². The van der Waals surface area contributed by atoms with Gasteiger partial charge in [0.2, 0.25) is 0 Å². The summed E-state index contributed by atoms with van der Waals surface area (Å²) in [6.45, 7) is 8.43. The minimum atomic E-state index is -0.523. The second-order valence-electron chi connectivity index (χ2n) is 6.15. The molecule has 0 aliphatic rings. The van der Waals surface area contributed by atoms with Gasteiger partial charge in [0.1, 0.15) is 0 Å². The molecule has 2 N–H and O–H groups in total. The first-order valence-electron chi connectivity index (χ1n) is 6.71. The van der Waals surface area contributed by atoms with E-state index >= 15 is 0 Å². The molecule has 0 fully saturated rings. The van der Waals surface area contributed by atoms with E-state index in [1.54, 1.807) is 17.9 Å². The molecule has 1 amide bonds. The van der Waals surface area contributed by atoms with Crippen LogP contribution in [0.3, 0.4) is 0 Å². The number of hydrogen-bond donors (Lipinski definition) is 2. The fourth-order valence-electron chi connectivity index (χ4n) is 2.07. The monoisotopic (exact) mass is 267 g/mol. The summed E-state index contributed by atoms with van der Waals surface area (Å²) in [5.41, 5.74) is 1.42. The van der Waals surface area contributed by atoms with E-state index in [1.165, 1.54) is 0 Å². The van der Waals surface area contributed by atoms with Crippen molar-refractivity contribution in [1.82, 2.24) is 15.1 Å². The Morgan fingerprint density at radius 2 is 2.16 bits per heavy atom. The van der Waals surface area contributed by atoms with Crippen LogP contribution in [0.1, 0.15) is 50.2 Å². The van der Waals surface area contributed by atoms with Crippen molar-refractivity contribution in [2.75, 3.05) is 6.54 Å². The summed E-state index contributed by atoms with van der Waals surface area (Å²) in [4.78, 5) is 12.0. The number of amides is 1. The number of aliphatic hydroxyl groups excluding tert-OH is 1. The van der Waals surface area contributed by atoms with Crippen molar-refractivity contribution in [1.29, 1.82) is 0 Å². The summed E-state index contributed by atoms with van der Waals surface area (Å²) < 4.78 is 1.64. The maximum Gasteiger partial charge on any atom is 0.254 e. The summed E-state index contributed by atoms with van der Waals surface area (Å²) in [6.07, 6.45) is 2.56. The number of nitrogens with one attached hydrogen (secondary N) is 1. The number of aryl methyl sites for hydroxylation is 2. The van der Waals surface area contributed by atoms with Gasteiger partial charge in [-0.1, -0.05) is 27.7 Å². The van der Waals surface area contributed by atoms with Gasteiger partial charge in [-0.3, -0.25) is 9.48 Å². The van der Waals surface area contributed by atoms with E-state index < -0.39 is 6.10 Å². The Morgan fingerprint density at radius 3 is 2.68 bits per heavy atom. The van der Waals surface area contributed by atoms with Gasteiger partial charge in [0.25, 0.3) is 5.91 Å². The Morgan fingerprint density at radius 1 is 1.53 bits per heavy atom. The van der Waals surface area contributed by atoms with Gasteiger partial charge < -0.3 is 10.4 Å². The van der Waals surface area contributed by atoms with Gasteiger partial charge >= 0.3 is 0 Å². The lowest BCUT2D eigenvalue weighted by atomic mass is 9.89. The number of aromatic nitrogens is 2. The maximum absolute atomic E-state index is 12.0. The van der Waals surface area contributed by atoms with Crippen molar-refractivity contribution >= 4 is 5.91 Å². The van der Waals surface area contributed by atoms with Crippen LogP contribution >= 0.6 is 0 Å². The Bertz CT molecular complexity index is 432. The van der Waals surface area contributed by atoms with Gasteiger partial charge in [-0.25, -0.2) is 0 Å². The van der Waals surface area contributed by atoms with Gasteiger partial charge in [0, 0.05) is 19.8 Å². The van der Waals surface area contributed by atoms with Crippen LogP contribution in [-0.4, -0.2) is 33.4 Å². The highest BCUT2D eigenvalue weighted by Crippen LogP contribution is 2.20. The van der Waals surface area contributed by atoms with Crippen molar-refractivity contribution in [3.63, 3.8) is 0 Å². The standard InChI is InChI=1S/C14H25N3O2/c1-6-12-11(9-17(5)16-12)13(19)15-8-10(18)7-14(2,3)4/h9-10,18H,6-8H2,1-5H3,(H,15,19). The molecule has 0 radical (unpaired) electrons. The SMILES string of the molecule is CCc1nn(C)cc1C(=O)NCC(O)CC(C)(C)C. The van der Waals surface area contributed by atoms with Gasteiger partial charge in [-0.2, -0.15) is 5.10 Å². The minimum Gasteiger partial charge on any atom is -0.391 e. The highest BCUT2D eigenvalue weighted by molar-refractivity contribution is 5.95. The smallest absolute Gasteiger partial charge is 0.254 e. The maximum atomic E-state index is 12.0. The van der Waals surface area contributed by atoms with E-state index in [1.807, 2.05) is 6.92 Å². The number of nitrogens with zero attached hydrogens (tertiary/aromatic N) is 2. The average Bonchev–Trinajstić information content (AvgIpc) is 2.65. The first-order chi connectivity index (χ1) is 8.73. The summed E-state index contributed by atoms with van der Waals surface area (Å²) in [5, 5.41) is 16.9. The first-order valence-corrected chi connectivity index (χ1v) is 6.71. The normalized spacial score (nSPS) is 13.4.